The van der Waals surface area contributed by atoms with Gasteiger partial charge in [-0.25, -0.2) is 8.42 Å². The Bertz CT molecular complexity index is 1550. The third kappa shape index (κ3) is 8.24. The molecule has 11 heteroatoms. The Kier molecular flexibility index (Phi) is 11.4. The van der Waals surface area contributed by atoms with Gasteiger partial charge < -0.3 is 10.2 Å². The van der Waals surface area contributed by atoms with Gasteiger partial charge in [0.1, 0.15) is 12.6 Å². The fourth-order valence-electron chi connectivity index (χ4n) is 5.28. The summed E-state index contributed by atoms with van der Waals surface area (Å²) >= 11 is 18.8. The molecule has 230 valence electrons. The van der Waals surface area contributed by atoms with E-state index in [1.807, 2.05) is 13.8 Å². The molecule has 0 radical (unpaired) electrons. The van der Waals surface area contributed by atoms with Crippen LogP contribution in [0.3, 0.4) is 0 Å². The number of carbonyl (C=O) groups excluding carboxylic acids is 2. The number of nitrogens with one attached hydrogen (secondary N) is 1. The first-order chi connectivity index (χ1) is 20.5. The van der Waals surface area contributed by atoms with Gasteiger partial charge in [0.15, 0.2) is 0 Å². The molecule has 7 nitrogen and oxygen atoms in total. The maximum atomic E-state index is 14.3. The van der Waals surface area contributed by atoms with Crippen LogP contribution in [0.4, 0.5) is 5.69 Å². The standard InChI is InChI=1S/C32H36Cl3N3O4S/c1-3-30(32(40)36-24-10-6-4-7-11-24)37(20-23-15-17-27(33)29(35)18-23)31(39)21-38(25-16-14-22(2)28(34)19-25)43(41,42)26-12-8-5-9-13-26/h5,8-9,12-19,24,30H,3-4,6-7,10-11,20-21H2,1-2H3,(H,36,40)/t30-/m0/s1. The summed E-state index contributed by atoms with van der Waals surface area (Å²) in [5, 5.41) is 4.18. The highest BCUT2D eigenvalue weighted by Gasteiger charge is 2.34. The Hall–Kier alpha value is -2.78. The average Bonchev–Trinajstić information content (AvgIpc) is 3.00. The van der Waals surface area contributed by atoms with E-state index >= 15 is 0 Å². The molecule has 0 saturated heterocycles. The van der Waals surface area contributed by atoms with Crippen LogP contribution >= 0.6 is 34.8 Å². The number of carbonyl (C=O) groups is 2. The van der Waals surface area contributed by atoms with Crippen LogP contribution in [0.5, 0.6) is 0 Å². The van der Waals surface area contributed by atoms with Crippen LogP contribution in [0.1, 0.15) is 56.6 Å². The van der Waals surface area contributed by atoms with E-state index in [9.17, 15) is 18.0 Å². The number of sulfonamides is 1. The molecule has 1 atom stereocenters. The lowest BCUT2D eigenvalue weighted by Gasteiger charge is -2.34. The number of benzene rings is 3. The van der Waals surface area contributed by atoms with Crippen LogP contribution in [0.25, 0.3) is 0 Å². The van der Waals surface area contributed by atoms with Crippen molar-refractivity contribution in [1.29, 1.82) is 0 Å². The summed E-state index contributed by atoms with van der Waals surface area (Å²) < 4.78 is 29.0. The SMILES string of the molecule is CC[C@@H](C(=O)NC1CCCCC1)N(Cc1ccc(Cl)c(Cl)c1)C(=O)CN(c1ccc(C)c(Cl)c1)S(=O)(=O)c1ccccc1. The Morgan fingerprint density at radius 2 is 1.60 bits per heavy atom. The van der Waals surface area contributed by atoms with E-state index in [2.05, 4.69) is 5.32 Å². The van der Waals surface area contributed by atoms with Crippen molar-refractivity contribution in [3.63, 3.8) is 0 Å². The largest absolute Gasteiger partial charge is 0.352 e. The van der Waals surface area contributed by atoms with E-state index in [0.29, 0.717) is 27.1 Å². The molecule has 1 fully saturated rings. The highest BCUT2D eigenvalue weighted by Crippen LogP contribution is 2.29. The van der Waals surface area contributed by atoms with Gasteiger partial charge in [0, 0.05) is 17.6 Å². The van der Waals surface area contributed by atoms with Crippen molar-refractivity contribution in [2.24, 2.45) is 0 Å². The summed E-state index contributed by atoms with van der Waals surface area (Å²) in [5.41, 5.74) is 1.66. The summed E-state index contributed by atoms with van der Waals surface area (Å²) in [7, 11) is -4.18. The van der Waals surface area contributed by atoms with Gasteiger partial charge in [0.2, 0.25) is 11.8 Å². The zero-order valence-corrected chi connectivity index (χ0v) is 27.3. The van der Waals surface area contributed by atoms with Crippen LogP contribution in [0.2, 0.25) is 15.1 Å². The lowest BCUT2D eigenvalue weighted by atomic mass is 9.95. The minimum atomic E-state index is -4.18. The van der Waals surface area contributed by atoms with Crippen molar-refractivity contribution in [3.05, 3.63) is 92.9 Å². The molecule has 0 spiro atoms. The van der Waals surface area contributed by atoms with Crippen molar-refractivity contribution in [2.45, 2.75) is 75.9 Å². The summed E-state index contributed by atoms with van der Waals surface area (Å²) in [6.07, 6.45) is 5.33. The second kappa shape index (κ2) is 14.8. The smallest absolute Gasteiger partial charge is 0.264 e. The van der Waals surface area contributed by atoms with Gasteiger partial charge in [-0.1, -0.05) is 91.3 Å². The lowest BCUT2D eigenvalue weighted by molar-refractivity contribution is -0.140. The van der Waals surface area contributed by atoms with Gasteiger partial charge in [0.25, 0.3) is 10.0 Å². The van der Waals surface area contributed by atoms with E-state index in [-0.39, 0.29) is 29.1 Å². The molecule has 1 saturated carbocycles. The van der Waals surface area contributed by atoms with Crippen molar-refractivity contribution >= 4 is 62.3 Å². The van der Waals surface area contributed by atoms with Crippen LogP contribution in [0, 0.1) is 6.92 Å². The van der Waals surface area contributed by atoms with Crippen molar-refractivity contribution < 1.29 is 18.0 Å². The van der Waals surface area contributed by atoms with Gasteiger partial charge in [-0.15, -0.1) is 0 Å². The van der Waals surface area contributed by atoms with E-state index in [1.54, 1.807) is 48.5 Å². The third-order valence-corrected chi connectivity index (χ3v) is 10.7. The highest BCUT2D eigenvalue weighted by atomic mass is 35.5. The minimum absolute atomic E-state index is 0.0256. The zero-order chi connectivity index (χ0) is 31.1. The molecule has 3 aromatic carbocycles. The average molecular weight is 665 g/mol. The summed E-state index contributed by atoms with van der Waals surface area (Å²) in [5.74, 6) is -0.813. The second-order valence-corrected chi connectivity index (χ2v) is 13.9. The molecule has 0 aliphatic heterocycles. The number of nitrogens with zero attached hydrogens (tertiary/aromatic N) is 2. The number of hydrogen-bond donors (Lipinski definition) is 1. The Morgan fingerprint density at radius 1 is 0.907 bits per heavy atom. The van der Waals surface area contributed by atoms with E-state index in [1.165, 1.54) is 23.1 Å². The van der Waals surface area contributed by atoms with Crippen molar-refractivity contribution in [2.75, 3.05) is 10.8 Å². The highest BCUT2D eigenvalue weighted by molar-refractivity contribution is 7.92. The predicted molar refractivity (Wildman–Crippen MR) is 173 cm³/mol. The van der Waals surface area contributed by atoms with Crippen LogP contribution in [-0.4, -0.2) is 43.8 Å². The molecule has 1 aliphatic rings. The first kappa shape index (κ1) is 33.1. The molecule has 4 rings (SSSR count). The number of aryl methyl sites for hydroxylation is 1. The molecule has 1 N–H and O–H groups in total. The predicted octanol–water partition coefficient (Wildman–Crippen LogP) is 7.41. The number of anilines is 1. The summed E-state index contributed by atoms with van der Waals surface area (Å²) in [6, 6.07) is 17.0. The van der Waals surface area contributed by atoms with Gasteiger partial charge in [0.05, 0.1) is 20.6 Å². The number of halogens is 3. The minimum Gasteiger partial charge on any atom is -0.352 e. The van der Waals surface area contributed by atoms with Crippen molar-refractivity contribution in [1.82, 2.24) is 10.2 Å². The number of amides is 2. The molecular formula is C32H36Cl3N3O4S. The number of rotatable bonds is 11. The molecule has 0 aromatic heterocycles. The maximum absolute atomic E-state index is 14.3. The second-order valence-electron chi connectivity index (χ2n) is 10.8. The van der Waals surface area contributed by atoms with Crippen LogP contribution in [-0.2, 0) is 26.2 Å². The van der Waals surface area contributed by atoms with E-state index in [4.69, 9.17) is 34.8 Å². The molecule has 0 unspecified atom stereocenters. The Balaban J connectivity index is 1.73. The molecule has 2 amide bonds. The lowest BCUT2D eigenvalue weighted by Crippen LogP contribution is -2.54. The fourth-order valence-corrected chi connectivity index (χ4v) is 7.21. The molecular weight excluding hydrogens is 629 g/mol. The van der Waals surface area contributed by atoms with Crippen molar-refractivity contribution in [3.8, 4) is 0 Å². The molecule has 1 aliphatic carbocycles. The number of hydrogen-bond acceptors (Lipinski definition) is 4. The fraction of sp³-hybridized carbons (Fsp3) is 0.375. The molecule has 0 heterocycles. The third-order valence-electron chi connectivity index (χ3n) is 7.73. The van der Waals surface area contributed by atoms with Gasteiger partial charge in [-0.2, -0.15) is 0 Å². The maximum Gasteiger partial charge on any atom is 0.264 e. The topological polar surface area (TPSA) is 86.8 Å². The Morgan fingerprint density at radius 3 is 2.23 bits per heavy atom. The van der Waals surface area contributed by atoms with Gasteiger partial charge >= 0.3 is 0 Å². The Labute approximate surface area is 269 Å². The monoisotopic (exact) mass is 663 g/mol. The first-order valence-corrected chi connectivity index (χ1v) is 17.0. The summed E-state index contributed by atoms with van der Waals surface area (Å²) in [6.45, 7) is 3.12. The van der Waals surface area contributed by atoms with Crippen LogP contribution in [0.15, 0.2) is 71.6 Å². The van der Waals surface area contributed by atoms with E-state index < -0.39 is 28.5 Å². The van der Waals surface area contributed by atoms with Crippen LogP contribution < -0.4 is 9.62 Å². The molecule has 43 heavy (non-hydrogen) atoms. The summed E-state index contributed by atoms with van der Waals surface area (Å²) in [4.78, 5) is 29.4. The van der Waals surface area contributed by atoms with E-state index in [0.717, 1.165) is 42.0 Å². The first-order valence-electron chi connectivity index (χ1n) is 14.4. The van der Waals surface area contributed by atoms with Gasteiger partial charge in [-0.05, 0) is 73.7 Å². The van der Waals surface area contributed by atoms with Gasteiger partial charge in [-0.3, -0.25) is 13.9 Å². The normalized spacial score (nSPS) is 14.6. The molecule has 3 aromatic rings. The quantitative estimate of drug-likeness (QED) is 0.231. The zero-order valence-electron chi connectivity index (χ0n) is 24.2. The molecule has 0 bridgehead atoms.